The quantitative estimate of drug-likeness (QED) is 0.611. The van der Waals surface area contributed by atoms with E-state index in [1.54, 1.807) is 13.3 Å². The van der Waals surface area contributed by atoms with Crippen molar-refractivity contribution in [3.8, 4) is 0 Å². The average molecular weight is 402 g/mol. The van der Waals surface area contributed by atoms with Gasteiger partial charge < -0.3 is 14.4 Å². The lowest BCUT2D eigenvalue weighted by atomic mass is 9.99. The minimum absolute atomic E-state index is 0.116. The van der Waals surface area contributed by atoms with E-state index in [-0.39, 0.29) is 17.5 Å². The minimum atomic E-state index is -3.42. The van der Waals surface area contributed by atoms with E-state index in [0.29, 0.717) is 38.1 Å². The van der Waals surface area contributed by atoms with Gasteiger partial charge in [0.2, 0.25) is 15.0 Å². The van der Waals surface area contributed by atoms with Crippen LogP contribution in [0.5, 0.6) is 0 Å². The monoisotopic (exact) mass is 401 g/mol. The molecule has 27 heavy (non-hydrogen) atoms. The third-order valence-corrected chi connectivity index (χ3v) is 6.89. The van der Waals surface area contributed by atoms with Gasteiger partial charge in [-0.2, -0.15) is 0 Å². The predicted octanol–water partition coefficient (Wildman–Crippen LogP) is 2.09. The lowest BCUT2D eigenvalue weighted by Crippen LogP contribution is -2.40. The molecule has 1 aliphatic heterocycles. The minimum Gasteiger partial charge on any atom is -0.396 e. The molecule has 1 aromatic heterocycles. The molecular weight excluding hydrogens is 366 g/mol. The molecule has 0 aromatic carbocycles. The Labute approximate surface area is 163 Å². The number of aliphatic hydroxyl groups is 1. The van der Waals surface area contributed by atoms with Crippen molar-refractivity contribution in [3.63, 3.8) is 0 Å². The number of rotatable bonds is 11. The smallest absolute Gasteiger partial charge is 0.227 e. The molecule has 2 heterocycles. The van der Waals surface area contributed by atoms with Gasteiger partial charge in [-0.15, -0.1) is 0 Å². The molecule has 0 unspecified atom stereocenters. The van der Waals surface area contributed by atoms with Gasteiger partial charge in [-0.25, -0.2) is 13.4 Å². The number of imidazole rings is 1. The van der Waals surface area contributed by atoms with Crippen molar-refractivity contribution in [2.24, 2.45) is 5.92 Å². The fourth-order valence-electron chi connectivity index (χ4n) is 3.62. The van der Waals surface area contributed by atoms with E-state index in [1.807, 2.05) is 18.4 Å². The normalized spacial score (nSPS) is 19.1. The van der Waals surface area contributed by atoms with E-state index in [9.17, 15) is 13.5 Å². The van der Waals surface area contributed by atoms with Crippen LogP contribution in [0, 0.1) is 5.92 Å². The molecule has 1 fully saturated rings. The maximum absolute atomic E-state index is 12.8. The highest BCUT2D eigenvalue weighted by atomic mass is 32.2. The number of hydrogen-bond donors (Lipinski definition) is 1. The Morgan fingerprint density at radius 3 is 2.81 bits per heavy atom. The van der Waals surface area contributed by atoms with Crippen LogP contribution >= 0.6 is 0 Å². The maximum Gasteiger partial charge on any atom is 0.227 e. The summed E-state index contributed by atoms with van der Waals surface area (Å²) < 4.78 is 32.6. The lowest BCUT2D eigenvalue weighted by molar-refractivity contribution is 0.108. The topological polar surface area (TPSA) is 84.7 Å². The Balaban J connectivity index is 2.24. The number of aromatic nitrogens is 2. The summed E-state index contributed by atoms with van der Waals surface area (Å²) in [6.45, 7) is 6.76. The van der Waals surface area contributed by atoms with Gasteiger partial charge in [-0.3, -0.25) is 4.90 Å². The van der Waals surface area contributed by atoms with Crippen molar-refractivity contribution in [2.45, 2.75) is 70.2 Å². The first-order valence-corrected chi connectivity index (χ1v) is 11.6. The van der Waals surface area contributed by atoms with E-state index in [1.165, 1.54) is 6.42 Å². The fourth-order valence-corrected chi connectivity index (χ4v) is 5.34. The summed E-state index contributed by atoms with van der Waals surface area (Å²) >= 11 is 0. The Kier molecular flexibility index (Phi) is 8.72. The van der Waals surface area contributed by atoms with Crippen LogP contribution in [-0.4, -0.2) is 66.6 Å². The number of piperidine rings is 1. The van der Waals surface area contributed by atoms with Crippen LogP contribution in [0.1, 0.15) is 51.6 Å². The number of ether oxygens (including phenoxy) is 1. The zero-order valence-corrected chi connectivity index (χ0v) is 17.7. The number of likely N-dealkylation sites (tertiary alicyclic amines) is 1. The summed E-state index contributed by atoms with van der Waals surface area (Å²) in [5.74, 6) is 0.444. The Morgan fingerprint density at radius 1 is 1.37 bits per heavy atom. The second-order valence-corrected chi connectivity index (χ2v) is 9.81. The zero-order chi connectivity index (χ0) is 19.9. The van der Waals surface area contributed by atoms with Crippen LogP contribution in [0.15, 0.2) is 11.4 Å². The van der Waals surface area contributed by atoms with E-state index >= 15 is 0 Å². The van der Waals surface area contributed by atoms with Crippen LogP contribution in [0.25, 0.3) is 0 Å². The van der Waals surface area contributed by atoms with Gasteiger partial charge in [0.15, 0.2) is 0 Å². The van der Waals surface area contributed by atoms with Crippen molar-refractivity contribution in [1.29, 1.82) is 0 Å². The number of aliphatic hydroxyl groups excluding tert-OH is 1. The first kappa shape index (κ1) is 22.3. The van der Waals surface area contributed by atoms with Gasteiger partial charge in [-0.05, 0) is 38.1 Å². The molecule has 1 atom stereocenters. The molecule has 1 aliphatic rings. The number of sulfone groups is 1. The maximum atomic E-state index is 12.8. The second-order valence-electron chi connectivity index (χ2n) is 7.81. The number of hydrogen-bond acceptors (Lipinski definition) is 6. The highest BCUT2D eigenvalue weighted by Gasteiger charge is 2.27. The molecule has 7 nitrogen and oxygen atoms in total. The van der Waals surface area contributed by atoms with Gasteiger partial charge in [0.1, 0.15) is 0 Å². The summed E-state index contributed by atoms with van der Waals surface area (Å²) in [5, 5.41) is 9.51. The van der Waals surface area contributed by atoms with Crippen LogP contribution in [0.3, 0.4) is 0 Å². The van der Waals surface area contributed by atoms with Gasteiger partial charge in [0.05, 0.1) is 24.3 Å². The van der Waals surface area contributed by atoms with E-state index in [4.69, 9.17) is 4.74 Å². The molecule has 0 amide bonds. The number of nitrogens with zero attached hydrogens (tertiary/aromatic N) is 3. The van der Waals surface area contributed by atoms with Crippen molar-refractivity contribution < 1.29 is 18.3 Å². The fraction of sp³-hybridized carbons (Fsp3) is 0.842. The van der Waals surface area contributed by atoms with E-state index in [0.717, 1.165) is 31.5 Å². The van der Waals surface area contributed by atoms with Crippen molar-refractivity contribution in [2.75, 3.05) is 32.6 Å². The summed E-state index contributed by atoms with van der Waals surface area (Å²) in [4.78, 5) is 6.65. The molecule has 0 aliphatic carbocycles. The van der Waals surface area contributed by atoms with Crippen LogP contribution in [0.2, 0.25) is 0 Å². The first-order chi connectivity index (χ1) is 12.9. The average Bonchev–Trinajstić information content (AvgIpc) is 3.03. The first-order valence-electron chi connectivity index (χ1n) is 10.00. The molecule has 0 bridgehead atoms. The highest BCUT2D eigenvalue weighted by Crippen LogP contribution is 2.23. The summed E-state index contributed by atoms with van der Waals surface area (Å²) in [6.07, 6.45) is 6.46. The standard InChI is InChI=1S/C19H35N3O4S/c1-16(2)8-13-27(24,25)19-20-14-18(22(19)10-12-26-3)15-21-9-5-4-6-17(21)7-11-23/h14,16-17,23H,4-13,15H2,1-3H3/t17-/m0/s1. The largest absolute Gasteiger partial charge is 0.396 e. The molecular formula is C19H35N3O4S. The molecule has 2 rings (SSSR count). The molecule has 1 aromatic rings. The highest BCUT2D eigenvalue weighted by molar-refractivity contribution is 7.91. The van der Waals surface area contributed by atoms with E-state index in [2.05, 4.69) is 9.88 Å². The third kappa shape index (κ3) is 6.27. The molecule has 8 heteroatoms. The van der Waals surface area contributed by atoms with Crippen LogP contribution < -0.4 is 0 Å². The Morgan fingerprint density at radius 2 is 2.15 bits per heavy atom. The molecule has 0 spiro atoms. The van der Waals surface area contributed by atoms with Gasteiger partial charge in [0, 0.05) is 32.8 Å². The Bertz CT molecular complexity index is 670. The van der Waals surface area contributed by atoms with Crippen molar-refractivity contribution in [3.05, 3.63) is 11.9 Å². The molecule has 156 valence electrons. The van der Waals surface area contributed by atoms with Crippen LogP contribution in [0.4, 0.5) is 0 Å². The van der Waals surface area contributed by atoms with Crippen molar-refractivity contribution in [1.82, 2.24) is 14.5 Å². The van der Waals surface area contributed by atoms with Crippen molar-refractivity contribution >= 4 is 9.84 Å². The predicted molar refractivity (Wildman–Crippen MR) is 105 cm³/mol. The van der Waals surface area contributed by atoms with Gasteiger partial charge >= 0.3 is 0 Å². The Hall–Kier alpha value is -0.960. The lowest BCUT2D eigenvalue weighted by Gasteiger charge is -2.35. The summed E-state index contributed by atoms with van der Waals surface area (Å²) in [5.41, 5.74) is 0.903. The van der Waals surface area contributed by atoms with Gasteiger partial charge in [0.25, 0.3) is 0 Å². The second kappa shape index (κ2) is 10.5. The molecule has 0 saturated carbocycles. The van der Waals surface area contributed by atoms with Crippen LogP contribution in [-0.2, 0) is 27.7 Å². The summed E-state index contributed by atoms with van der Waals surface area (Å²) in [6, 6.07) is 0.343. The third-order valence-electron chi connectivity index (χ3n) is 5.24. The molecule has 1 N–H and O–H groups in total. The SMILES string of the molecule is COCCn1c(CN2CCCC[C@H]2CCO)cnc1S(=O)(=O)CCC(C)C. The zero-order valence-electron chi connectivity index (χ0n) is 16.9. The van der Waals surface area contributed by atoms with Gasteiger partial charge in [-0.1, -0.05) is 20.3 Å². The van der Waals surface area contributed by atoms with E-state index < -0.39 is 9.84 Å². The molecule has 0 radical (unpaired) electrons. The summed E-state index contributed by atoms with van der Waals surface area (Å²) in [7, 11) is -1.81. The molecule has 1 saturated heterocycles. The number of methoxy groups -OCH3 is 1.